The van der Waals surface area contributed by atoms with Crippen LogP contribution in [0.3, 0.4) is 0 Å². The van der Waals surface area contributed by atoms with E-state index in [1.54, 1.807) is 24.5 Å². The van der Waals surface area contributed by atoms with Gasteiger partial charge in [0, 0.05) is 23.0 Å². The zero-order chi connectivity index (χ0) is 13.1. The van der Waals surface area contributed by atoms with Crippen LogP contribution in [0.2, 0.25) is 5.02 Å². The van der Waals surface area contributed by atoms with E-state index in [0.717, 1.165) is 0 Å². The summed E-state index contributed by atoms with van der Waals surface area (Å²) >= 11 is 7.23. The Morgan fingerprint density at radius 2 is 1.94 bits per heavy atom. The molecule has 4 N–H and O–H groups in total. The van der Waals surface area contributed by atoms with E-state index in [1.165, 1.54) is 17.8 Å². The number of benzene rings is 1. The molecular weight excluding hydrogens is 272 g/mol. The third kappa shape index (κ3) is 2.72. The van der Waals surface area contributed by atoms with E-state index in [4.69, 9.17) is 23.1 Å². The Morgan fingerprint density at radius 1 is 1.28 bits per heavy atom. The molecule has 0 aliphatic carbocycles. The highest BCUT2D eigenvalue weighted by Gasteiger charge is 2.15. The molecule has 7 heteroatoms. The second-order valence-corrected chi connectivity index (χ2v) is 4.76. The fourth-order valence-electron chi connectivity index (χ4n) is 1.33. The molecule has 2 aromatic rings. The Morgan fingerprint density at radius 3 is 2.56 bits per heavy atom. The minimum Gasteiger partial charge on any atom is -0.399 e. The lowest BCUT2D eigenvalue weighted by atomic mass is 10.2. The molecule has 0 aliphatic heterocycles. The molecular formula is C11H9ClN4OS. The van der Waals surface area contributed by atoms with Crippen molar-refractivity contribution in [3.8, 4) is 0 Å². The zero-order valence-corrected chi connectivity index (χ0v) is 10.7. The average molecular weight is 281 g/mol. The van der Waals surface area contributed by atoms with Gasteiger partial charge in [0.1, 0.15) is 0 Å². The molecule has 0 bridgehead atoms. The minimum absolute atomic E-state index is 0.262. The van der Waals surface area contributed by atoms with Crippen molar-refractivity contribution < 1.29 is 4.79 Å². The van der Waals surface area contributed by atoms with Gasteiger partial charge in [-0.1, -0.05) is 11.6 Å². The third-order valence-electron chi connectivity index (χ3n) is 2.07. The summed E-state index contributed by atoms with van der Waals surface area (Å²) in [4.78, 5) is 20.0. The molecule has 0 saturated heterocycles. The molecule has 5 nitrogen and oxygen atoms in total. The fourth-order valence-corrected chi connectivity index (χ4v) is 2.51. The highest BCUT2D eigenvalue weighted by molar-refractivity contribution is 7.99. The van der Waals surface area contributed by atoms with Crippen LogP contribution in [-0.4, -0.2) is 15.9 Å². The van der Waals surface area contributed by atoms with Crippen LogP contribution in [0.15, 0.2) is 40.6 Å². The van der Waals surface area contributed by atoms with Crippen molar-refractivity contribution in [3.63, 3.8) is 0 Å². The summed E-state index contributed by atoms with van der Waals surface area (Å²) < 4.78 is 0. The van der Waals surface area contributed by atoms with Gasteiger partial charge in [0.25, 0.3) is 0 Å². The molecule has 1 aromatic carbocycles. The topological polar surface area (TPSA) is 94.9 Å². The standard InChI is InChI=1S/C11H9ClN4OS/c12-8-5-6(13)4-7(10(14)17)9(8)18-11-15-2-1-3-16-11/h1-5H,13H2,(H2,14,17). The number of carbonyl (C=O) groups is 1. The van der Waals surface area contributed by atoms with Crippen LogP contribution in [0.25, 0.3) is 0 Å². The number of amides is 1. The van der Waals surface area contributed by atoms with Gasteiger partial charge < -0.3 is 11.5 Å². The Hall–Kier alpha value is -1.79. The molecule has 1 heterocycles. The number of nitrogen functional groups attached to an aromatic ring is 1. The van der Waals surface area contributed by atoms with Crippen LogP contribution in [0.5, 0.6) is 0 Å². The van der Waals surface area contributed by atoms with E-state index in [9.17, 15) is 4.79 Å². The summed E-state index contributed by atoms with van der Waals surface area (Å²) in [5, 5.41) is 0.827. The van der Waals surface area contributed by atoms with Crippen molar-refractivity contribution >= 4 is 35.0 Å². The van der Waals surface area contributed by atoms with E-state index in [-0.39, 0.29) is 5.56 Å². The van der Waals surface area contributed by atoms with Crippen LogP contribution < -0.4 is 11.5 Å². The van der Waals surface area contributed by atoms with Gasteiger partial charge in [0.2, 0.25) is 5.91 Å². The van der Waals surface area contributed by atoms with Gasteiger partial charge >= 0.3 is 0 Å². The third-order valence-corrected chi connectivity index (χ3v) is 3.51. The number of halogens is 1. The Kier molecular flexibility index (Phi) is 3.69. The molecule has 0 spiro atoms. The summed E-state index contributed by atoms with van der Waals surface area (Å²) in [5.74, 6) is -0.595. The maximum absolute atomic E-state index is 11.4. The van der Waals surface area contributed by atoms with Crippen molar-refractivity contribution in [2.75, 3.05) is 5.73 Å². The quantitative estimate of drug-likeness (QED) is 0.662. The normalized spacial score (nSPS) is 10.3. The first-order chi connectivity index (χ1) is 8.58. The van der Waals surface area contributed by atoms with Crippen molar-refractivity contribution in [1.29, 1.82) is 0 Å². The molecule has 0 aliphatic rings. The summed E-state index contributed by atoms with van der Waals surface area (Å²) in [6.07, 6.45) is 3.20. The average Bonchev–Trinajstić information content (AvgIpc) is 2.33. The molecule has 0 fully saturated rings. The summed E-state index contributed by atoms with van der Waals surface area (Å²) in [7, 11) is 0. The van der Waals surface area contributed by atoms with Gasteiger partial charge in [-0.25, -0.2) is 9.97 Å². The number of aromatic nitrogens is 2. The number of anilines is 1. The molecule has 0 unspecified atom stereocenters. The molecule has 2 rings (SSSR count). The molecule has 1 amide bonds. The summed E-state index contributed by atoms with van der Waals surface area (Å²) in [6, 6.07) is 4.74. The number of primary amides is 1. The van der Waals surface area contributed by atoms with E-state index in [2.05, 4.69) is 9.97 Å². The summed E-state index contributed by atoms with van der Waals surface area (Å²) in [5.41, 5.74) is 11.6. The highest BCUT2D eigenvalue weighted by atomic mass is 35.5. The lowest BCUT2D eigenvalue weighted by Crippen LogP contribution is -2.13. The molecule has 1 aromatic heterocycles. The molecule has 0 atom stereocenters. The predicted molar refractivity (Wildman–Crippen MR) is 70.5 cm³/mol. The van der Waals surface area contributed by atoms with E-state index >= 15 is 0 Å². The maximum Gasteiger partial charge on any atom is 0.249 e. The van der Waals surface area contributed by atoms with Crippen molar-refractivity contribution in [2.45, 2.75) is 10.1 Å². The SMILES string of the molecule is NC(=O)c1cc(N)cc(Cl)c1Sc1ncccn1. The number of carbonyl (C=O) groups excluding carboxylic acids is 1. The molecule has 0 saturated carbocycles. The highest BCUT2D eigenvalue weighted by Crippen LogP contribution is 2.35. The second-order valence-electron chi connectivity index (χ2n) is 3.38. The number of hydrogen-bond donors (Lipinski definition) is 2. The zero-order valence-electron chi connectivity index (χ0n) is 9.13. The molecule has 0 radical (unpaired) electrons. The fraction of sp³-hybridized carbons (Fsp3) is 0. The van der Waals surface area contributed by atoms with Crippen LogP contribution in [0, 0.1) is 0 Å². The van der Waals surface area contributed by atoms with Gasteiger partial charge in [-0.2, -0.15) is 0 Å². The largest absolute Gasteiger partial charge is 0.399 e. The van der Waals surface area contributed by atoms with Crippen LogP contribution in [0.4, 0.5) is 5.69 Å². The predicted octanol–water partition coefficient (Wildman–Crippen LogP) is 1.96. The van der Waals surface area contributed by atoms with E-state index in [0.29, 0.717) is 20.8 Å². The van der Waals surface area contributed by atoms with Crippen LogP contribution >= 0.6 is 23.4 Å². The summed E-state index contributed by atoms with van der Waals surface area (Å²) in [6.45, 7) is 0. The number of nitrogens with zero attached hydrogens (tertiary/aromatic N) is 2. The van der Waals surface area contributed by atoms with E-state index < -0.39 is 5.91 Å². The Labute approximate surface area is 113 Å². The Bertz CT molecular complexity index is 591. The monoisotopic (exact) mass is 280 g/mol. The number of nitrogens with two attached hydrogens (primary N) is 2. The van der Waals surface area contributed by atoms with Crippen molar-refractivity contribution in [1.82, 2.24) is 9.97 Å². The van der Waals surface area contributed by atoms with Crippen LogP contribution in [-0.2, 0) is 0 Å². The van der Waals surface area contributed by atoms with Gasteiger partial charge in [-0.05, 0) is 30.0 Å². The molecule has 18 heavy (non-hydrogen) atoms. The Balaban J connectivity index is 2.47. The lowest BCUT2D eigenvalue weighted by molar-refractivity contribution is 0.0997. The molecule has 92 valence electrons. The van der Waals surface area contributed by atoms with Crippen molar-refractivity contribution in [3.05, 3.63) is 41.2 Å². The minimum atomic E-state index is -0.595. The van der Waals surface area contributed by atoms with Gasteiger partial charge in [0.05, 0.1) is 10.6 Å². The number of hydrogen-bond acceptors (Lipinski definition) is 5. The smallest absolute Gasteiger partial charge is 0.249 e. The van der Waals surface area contributed by atoms with E-state index in [1.807, 2.05) is 0 Å². The lowest BCUT2D eigenvalue weighted by Gasteiger charge is -2.08. The van der Waals surface area contributed by atoms with Crippen molar-refractivity contribution in [2.24, 2.45) is 5.73 Å². The van der Waals surface area contributed by atoms with Gasteiger partial charge in [-0.3, -0.25) is 4.79 Å². The second kappa shape index (κ2) is 5.24. The van der Waals surface area contributed by atoms with Crippen LogP contribution in [0.1, 0.15) is 10.4 Å². The number of rotatable bonds is 3. The first-order valence-corrected chi connectivity index (χ1v) is 6.11. The van der Waals surface area contributed by atoms with Gasteiger partial charge in [0.15, 0.2) is 5.16 Å². The first-order valence-electron chi connectivity index (χ1n) is 4.91. The first kappa shape index (κ1) is 12.7. The maximum atomic E-state index is 11.4. The van der Waals surface area contributed by atoms with Gasteiger partial charge in [-0.15, -0.1) is 0 Å².